The van der Waals surface area contributed by atoms with E-state index in [1.807, 2.05) is 73.8 Å². The van der Waals surface area contributed by atoms with Crippen molar-refractivity contribution in [3.05, 3.63) is 78.6 Å². The lowest BCUT2D eigenvalue weighted by molar-refractivity contribution is -0.114. The number of carbonyl (C=O) groups excluding carboxylic acids is 1. The van der Waals surface area contributed by atoms with Gasteiger partial charge in [0.2, 0.25) is 0 Å². The van der Waals surface area contributed by atoms with E-state index in [0.717, 1.165) is 21.5 Å². The predicted octanol–water partition coefficient (Wildman–Crippen LogP) is 4.64. The molecule has 0 fully saturated rings. The maximum Gasteiger partial charge on any atom is 0.252 e. The van der Waals surface area contributed by atoms with Crippen LogP contribution in [0.4, 0.5) is 5.13 Å². The van der Waals surface area contributed by atoms with Crippen LogP contribution < -0.4 is 9.64 Å². The van der Waals surface area contributed by atoms with Crippen molar-refractivity contribution in [1.82, 2.24) is 14.8 Å². The maximum atomic E-state index is 13.1. The number of fused-ring (bicyclic) bond motifs is 1. The summed E-state index contributed by atoms with van der Waals surface area (Å²) in [7, 11) is 0. The third kappa shape index (κ3) is 4.58. The molecule has 0 radical (unpaired) electrons. The fraction of sp³-hybridized carbons (Fsp3) is 0.174. The normalized spacial score (nSPS) is 11.2. The van der Waals surface area contributed by atoms with E-state index < -0.39 is 0 Å². The van der Waals surface area contributed by atoms with Crippen LogP contribution in [0.1, 0.15) is 12.5 Å². The molecule has 0 atom stereocenters. The van der Waals surface area contributed by atoms with Gasteiger partial charge in [0.1, 0.15) is 11.3 Å². The summed E-state index contributed by atoms with van der Waals surface area (Å²) < 4.78 is 8.50. The summed E-state index contributed by atoms with van der Waals surface area (Å²) in [5, 5.41) is 4.89. The Morgan fingerprint density at radius 1 is 1.17 bits per heavy atom. The van der Waals surface area contributed by atoms with Crippen molar-refractivity contribution >= 4 is 38.7 Å². The SMILES string of the molecule is CCOc1cccc2sc(N(CCn3cccn3)C(=O)/C=C/c3ccccc3)nc12. The molecule has 2 heterocycles. The zero-order valence-electron chi connectivity index (χ0n) is 16.6. The molecule has 6 nitrogen and oxygen atoms in total. The fourth-order valence-electron chi connectivity index (χ4n) is 3.06. The van der Waals surface area contributed by atoms with Crippen molar-refractivity contribution < 1.29 is 9.53 Å². The van der Waals surface area contributed by atoms with E-state index in [1.165, 1.54) is 11.3 Å². The average Bonchev–Trinajstić information content (AvgIpc) is 3.44. The molecule has 0 spiro atoms. The van der Waals surface area contributed by atoms with Gasteiger partial charge in [0.15, 0.2) is 5.13 Å². The molecule has 4 rings (SSSR count). The van der Waals surface area contributed by atoms with Gasteiger partial charge in [-0.25, -0.2) is 4.98 Å². The number of para-hydroxylation sites is 1. The number of anilines is 1. The van der Waals surface area contributed by atoms with Gasteiger partial charge >= 0.3 is 0 Å². The topological polar surface area (TPSA) is 60.2 Å². The summed E-state index contributed by atoms with van der Waals surface area (Å²) in [5.74, 6) is 0.611. The van der Waals surface area contributed by atoms with Gasteiger partial charge in [-0.1, -0.05) is 47.7 Å². The molecule has 30 heavy (non-hydrogen) atoms. The van der Waals surface area contributed by atoms with Crippen LogP contribution in [0.2, 0.25) is 0 Å². The van der Waals surface area contributed by atoms with Gasteiger partial charge in [-0.3, -0.25) is 14.4 Å². The largest absolute Gasteiger partial charge is 0.492 e. The van der Waals surface area contributed by atoms with Crippen molar-refractivity contribution in [2.24, 2.45) is 0 Å². The smallest absolute Gasteiger partial charge is 0.252 e. The van der Waals surface area contributed by atoms with Crippen LogP contribution in [0.25, 0.3) is 16.3 Å². The summed E-state index contributed by atoms with van der Waals surface area (Å²) in [6.45, 7) is 3.55. The Bertz CT molecular complexity index is 1140. The summed E-state index contributed by atoms with van der Waals surface area (Å²) >= 11 is 1.48. The Morgan fingerprint density at radius 2 is 2.03 bits per heavy atom. The van der Waals surface area contributed by atoms with Gasteiger partial charge in [-0.2, -0.15) is 5.10 Å². The predicted molar refractivity (Wildman–Crippen MR) is 121 cm³/mol. The molecule has 0 saturated heterocycles. The lowest BCUT2D eigenvalue weighted by atomic mass is 10.2. The Hall–Kier alpha value is -3.45. The van der Waals surface area contributed by atoms with Crippen molar-refractivity contribution in [3.8, 4) is 5.75 Å². The van der Waals surface area contributed by atoms with Crippen LogP contribution >= 0.6 is 11.3 Å². The first kappa shape index (κ1) is 19.8. The van der Waals surface area contributed by atoms with E-state index in [4.69, 9.17) is 9.72 Å². The standard InChI is InChI=1S/C23H22N4O2S/c1-2-29-19-10-6-11-20-22(19)25-23(30-20)27(17-16-26-15-7-14-24-26)21(28)13-12-18-8-4-3-5-9-18/h3-15H,2,16-17H2,1H3/b13-12+. The number of benzene rings is 2. The minimum absolute atomic E-state index is 0.122. The van der Waals surface area contributed by atoms with Crippen LogP contribution in [0.5, 0.6) is 5.75 Å². The second-order valence-electron chi connectivity index (χ2n) is 6.54. The molecule has 2 aromatic heterocycles. The van der Waals surface area contributed by atoms with E-state index in [0.29, 0.717) is 24.8 Å². The molecule has 0 aliphatic carbocycles. The molecular weight excluding hydrogens is 396 g/mol. The van der Waals surface area contributed by atoms with Gasteiger partial charge in [-0.15, -0.1) is 0 Å². The van der Waals surface area contributed by atoms with Crippen LogP contribution in [-0.2, 0) is 11.3 Å². The van der Waals surface area contributed by atoms with Crippen molar-refractivity contribution in [3.63, 3.8) is 0 Å². The molecule has 4 aromatic rings. The number of nitrogens with zero attached hydrogens (tertiary/aromatic N) is 4. The van der Waals surface area contributed by atoms with Gasteiger partial charge in [0, 0.05) is 25.0 Å². The zero-order valence-corrected chi connectivity index (χ0v) is 17.5. The van der Waals surface area contributed by atoms with Crippen LogP contribution in [0.3, 0.4) is 0 Å². The summed E-state index contributed by atoms with van der Waals surface area (Å²) in [5.41, 5.74) is 1.75. The highest BCUT2D eigenvalue weighted by Gasteiger charge is 2.19. The summed E-state index contributed by atoms with van der Waals surface area (Å²) in [6, 6.07) is 17.5. The van der Waals surface area contributed by atoms with Crippen molar-refractivity contribution in [2.45, 2.75) is 13.5 Å². The van der Waals surface area contributed by atoms with Gasteiger partial charge in [0.25, 0.3) is 5.91 Å². The van der Waals surface area contributed by atoms with E-state index in [2.05, 4.69) is 5.10 Å². The Labute approximate surface area is 179 Å². The minimum atomic E-state index is -0.122. The average molecular weight is 419 g/mol. The van der Waals surface area contributed by atoms with E-state index in [1.54, 1.807) is 21.9 Å². The highest BCUT2D eigenvalue weighted by Crippen LogP contribution is 2.34. The molecule has 0 aliphatic heterocycles. The molecule has 0 unspecified atom stereocenters. The number of aromatic nitrogens is 3. The van der Waals surface area contributed by atoms with E-state index >= 15 is 0 Å². The maximum absolute atomic E-state index is 13.1. The third-order valence-electron chi connectivity index (χ3n) is 4.50. The van der Waals surface area contributed by atoms with Crippen molar-refractivity contribution in [2.75, 3.05) is 18.1 Å². The lowest BCUT2D eigenvalue weighted by Crippen LogP contribution is -2.32. The highest BCUT2D eigenvalue weighted by molar-refractivity contribution is 7.22. The first-order valence-electron chi connectivity index (χ1n) is 9.79. The van der Waals surface area contributed by atoms with Gasteiger partial charge in [0.05, 0.1) is 17.9 Å². The minimum Gasteiger partial charge on any atom is -0.492 e. The first-order chi connectivity index (χ1) is 14.7. The second kappa shape index (κ2) is 9.37. The quantitative estimate of drug-likeness (QED) is 0.391. The molecular formula is C23H22N4O2S. The number of amides is 1. The summed E-state index contributed by atoms with van der Waals surface area (Å²) in [6.07, 6.45) is 7.03. The van der Waals surface area contributed by atoms with Gasteiger partial charge in [-0.05, 0) is 36.8 Å². The second-order valence-corrected chi connectivity index (χ2v) is 7.54. The molecule has 152 valence electrons. The number of hydrogen-bond acceptors (Lipinski definition) is 5. The monoisotopic (exact) mass is 418 g/mol. The molecule has 0 bridgehead atoms. The molecule has 7 heteroatoms. The Kier molecular flexibility index (Phi) is 6.20. The summed E-state index contributed by atoms with van der Waals surface area (Å²) in [4.78, 5) is 19.5. The van der Waals surface area contributed by atoms with Gasteiger partial charge < -0.3 is 4.74 Å². The van der Waals surface area contributed by atoms with Crippen molar-refractivity contribution in [1.29, 1.82) is 0 Å². The molecule has 2 aromatic carbocycles. The molecule has 0 N–H and O–H groups in total. The van der Waals surface area contributed by atoms with Crippen LogP contribution in [0, 0.1) is 0 Å². The molecule has 0 aliphatic rings. The van der Waals surface area contributed by atoms with Crippen LogP contribution in [-0.4, -0.2) is 33.8 Å². The molecule has 0 saturated carbocycles. The number of ether oxygens (including phenoxy) is 1. The first-order valence-corrected chi connectivity index (χ1v) is 10.6. The number of carbonyl (C=O) groups is 1. The highest BCUT2D eigenvalue weighted by atomic mass is 32.1. The lowest BCUT2D eigenvalue weighted by Gasteiger charge is -2.18. The number of rotatable bonds is 8. The molecule has 1 amide bonds. The van der Waals surface area contributed by atoms with E-state index in [-0.39, 0.29) is 5.91 Å². The fourth-order valence-corrected chi connectivity index (χ4v) is 4.07. The Balaban J connectivity index is 1.64. The van der Waals surface area contributed by atoms with E-state index in [9.17, 15) is 4.79 Å². The van der Waals surface area contributed by atoms with Crippen LogP contribution in [0.15, 0.2) is 73.1 Å². The number of thiazole rings is 1. The Morgan fingerprint density at radius 3 is 2.80 bits per heavy atom. The number of hydrogen-bond donors (Lipinski definition) is 0. The zero-order chi connectivity index (χ0) is 20.8. The third-order valence-corrected chi connectivity index (χ3v) is 5.54.